The van der Waals surface area contributed by atoms with Crippen LogP contribution in [0.4, 0.5) is 13.8 Å². The van der Waals surface area contributed by atoms with Crippen LogP contribution in [0.1, 0.15) is 38.8 Å². The predicted octanol–water partition coefficient (Wildman–Crippen LogP) is 6.44. The number of anilines is 1. The molecule has 0 spiro atoms. The van der Waals surface area contributed by atoms with Crippen LogP contribution in [0.2, 0.25) is 0 Å². The Morgan fingerprint density at radius 3 is 2.18 bits per heavy atom. The van der Waals surface area contributed by atoms with Crippen LogP contribution >= 0.6 is 11.3 Å². The maximum absolute atomic E-state index is 13.9. The van der Waals surface area contributed by atoms with Crippen LogP contribution in [0.15, 0.2) is 42.5 Å². The van der Waals surface area contributed by atoms with Gasteiger partial charge in [-0.3, -0.25) is 4.31 Å². The number of sulfonamides is 1. The quantitative estimate of drug-likeness (QED) is 0.299. The molecule has 0 saturated carbocycles. The van der Waals surface area contributed by atoms with Crippen LogP contribution in [0.3, 0.4) is 0 Å². The van der Waals surface area contributed by atoms with E-state index < -0.39 is 21.7 Å². The number of benzene rings is 2. The van der Waals surface area contributed by atoms with Crippen LogP contribution in [-0.4, -0.2) is 38.7 Å². The highest BCUT2D eigenvalue weighted by Crippen LogP contribution is 2.39. The third kappa shape index (κ3) is 6.55. The van der Waals surface area contributed by atoms with Crippen LogP contribution in [0.5, 0.6) is 0 Å². The highest BCUT2D eigenvalue weighted by atomic mass is 32.2. The zero-order valence-corrected chi connectivity index (χ0v) is 22.1. The van der Waals surface area contributed by atoms with Crippen LogP contribution in [-0.2, 0) is 16.6 Å². The van der Waals surface area contributed by atoms with Gasteiger partial charge in [0.1, 0.15) is 5.00 Å². The monoisotopic (exact) mass is 508 g/mol. The average Bonchev–Trinajstić information content (AvgIpc) is 3.08. The molecule has 0 amide bonds. The third-order valence-corrected chi connectivity index (χ3v) is 8.70. The normalized spacial score (nSPS) is 12.4. The number of nitrogens with zero attached hydrogens (tertiary/aromatic N) is 2. The van der Waals surface area contributed by atoms with E-state index >= 15 is 0 Å². The van der Waals surface area contributed by atoms with Crippen molar-refractivity contribution in [1.29, 1.82) is 0 Å². The number of hydrogen-bond donors (Lipinski definition) is 0. The zero-order valence-electron chi connectivity index (χ0n) is 20.5. The molecule has 3 rings (SSSR count). The molecule has 3 aromatic rings. The van der Waals surface area contributed by atoms with Crippen molar-refractivity contribution in [2.45, 2.75) is 41.2 Å². The second kappa shape index (κ2) is 11.1. The van der Waals surface area contributed by atoms with Crippen molar-refractivity contribution in [1.82, 2.24) is 4.90 Å². The molecular weight excluding hydrogens is 474 g/mol. The van der Waals surface area contributed by atoms with Gasteiger partial charge >= 0.3 is 0 Å². The highest BCUT2D eigenvalue weighted by Gasteiger charge is 2.28. The van der Waals surface area contributed by atoms with Crippen LogP contribution in [0.25, 0.3) is 10.1 Å². The maximum atomic E-state index is 13.9. The van der Waals surface area contributed by atoms with E-state index in [0.717, 1.165) is 40.9 Å². The molecule has 0 aliphatic carbocycles. The van der Waals surface area contributed by atoms with Gasteiger partial charge in [-0.25, -0.2) is 17.2 Å². The molecule has 0 saturated heterocycles. The van der Waals surface area contributed by atoms with E-state index in [9.17, 15) is 17.2 Å². The van der Waals surface area contributed by atoms with Gasteiger partial charge in [0.25, 0.3) is 0 Å². The fourth-order valence-electron chi connectivity index (χ4n) is 4.14. The van der Waals surface area contributed by atoms with Gasteiger partial charge in [-0.1, -0.05) is 52.0 Å². The van der Waals surface area contributed by atoms with Crippen LogP contribution < -0.4 is 4.31 Å². The highest BCUT2D eigenvalue weighted by molar-refractivity contribution is 7.93. The Morgan fingerprint density at radius 1 is 0.941 bits per heavy atom. The van der Waals surface area contributed by atoms with Crippen molar-refractivity contribution in [3.05, 3.63) is 65.2 Å². The van der Waals surface area contributed by atoms with E-state index in [-0.39, 0.29) is 12.3 Å². The molecule has 1 aromatic heterocycles. The summed E-state index contributed by atoms with van der Waals surface area (Å²) in [6.07, 6.45) is 0. The van der Waals surface area contributed by atoms with Crippen molar-refractivity contribution < 1.29 is 17.2 Å². The molecule has 2 aromatic carbocycles. The van der Waals surface area contributed by atoms with E-state index in [1.54, 1.807) is 0 Å². The smallest absolute Gasteiger partial charge is 0.237 e. The number of thiophene rings is 1. The summed E-state index contributed by atoms with van der Waals surface area (Å²) in [6.45, 7) is 12.4. The van der Waals surface area contributed by atoms with Gasteiger partial charge in [-0.2, -0.15) is 0 Å². The molecule has 0 radical (unpaired) electrons. The molecule has 1 heterocycles. The molecular formula is C26H34F2N2O2S2. The lowest BCUT2D eigenvalue weighted by molar-refractivity contribution is 0.231. The summed E-state index contributed by atoms with van der Waals surface area (Å²) < 4.78 is 57.3. The molecule has 0 fully saturated rings. The second-order valence-electron chi connectivity index (χ2n) is 9.65. The van der Waals surface area contributed by atoms with Crippen molar-refractivity contribution >= 4 is 36.4 Å². The minimum atomic E-state index is -3.75. The van der Waals surface area contributed by atoms with E-state index in [0.29, 0.717) is 28.9 Å². The van der Waals surface area contributed by atoms with Crippen molar-refractivity contribution in [3.63, 3.8) is 0 Å². The molecule has 4 nitrogen and oxygen atoms in total. The Hall–Kier alpha value is -2.03. The first kappa shape index (κ1) is 26.6. The summed E-state index contributed by atoms with van der Waals surface area (Å²) in [4.78, 5) is 2.19. The fourth-order valence-corrected chi connectivity index (χ4v) is 7.16. The summed E-state index contributed by atoms with van der Waals surface area (Å²) >= 11 is 1.41. The molecule has 0 aliphatic rings. The molecule has 0 atom stereocenters. The number of hydrogen-bond acceptors (Lipinski definition) is 4. The number of halogens is 2. The first-order chi connectivity index (χ1) is 16.0. The van der Waals surface area contributed by atoms with E-state index in [4.69, 9.17) is 0 Å². The SMILES string of the molecule is Cc1c(N(Cc2ccc(F)c(F)c2)S(=O)(=O)CCN(CC(C)C)CC(C)C)sc2ccccc12. The van der Waals surface area contributed by atoms with Gasteiger partial charge in [0.2, 0.25) is 10.0 Å². The first-order valence-corrected chi connectivity index (χ1v) is 14.0. The first-order valence-electron chi connectivity index (χ1n) is 11.6. The molecule has 0 unspecified atom stereocenters. The molecule has 0 N–H and O–H groups in total. The minimum absolute atomic E-state index is 0.0518. The van der Waals surface area contributed by atoms with Crippen molar-refractivity contribution in [3.8, 4) is 0 Å². The van der Waals surface area contributed by atoms with Gasteiger partial charge in [0, 0.05) is 24.3 Å². The Morgan fingerprint density at radius 2 is 1.59 bits per heavy atom. The van der Waals surface area contributed by atoms with Gasteiger partial charge in [0.05, 0.1) is 12.3 Å². The summed E-state index contributed by atoms with van der Waals surface area (Å²) in [7, 11) is -3.75. The summed E-state index contributed by atoms with van der Waals surface area (Å²) in [5.74, 6) is -1.14. The fraction of sp³-hybridized carbons (Fsp3) is 0.462. The van der Waals surface area contributed by atoms with Crippen molar-refractivity contribution in [2.24, 2.45) is 11.8 Å². The molecule has 8 heteroatoms. The zero-order chi connectivity index (χ0) is 25.0. The van der Waals surface area contributed by atoms with E-state index in [1.165, 1.54) is 21.7 Å². The third-order valence-electron chi connectivity index (χ3n) is 5.60. The Bertz CT molecular complexity index is 1210. The molecule has 34 heavy (non-hydrogen) atoms. The second-order valence-corrected chi connectivity index (χ2v) is 12.7. The average molecular weight is 509 g/mol. The van der Waals surface area contributed by atoms with E-state index in [2.05, 4.69) is 32.6 Å². The lowest BCUT2D eigenvalue weighted by Gasteiger charge is -2.29. The lowest BCUT2D eigenvalue weighted by atomic mass is 10.1. The summed E-state index contributed by atoms with van der Waals surface area (Å²) in [6, 6.07) is 11.3. The summed E-state index contributed by atoms with van der Waals surface area (Å²) in [5, 5.41) is 1.61. The number of fused-ring (bicyclic) bond motifs is 1. The number of aryl methyl sites for hydroxylation is 1. The summed E-state index contributed by atoms with van der Waals surface area (Å²) in [5.41, 5.74) is 1.27. The van der Waals surface area contributed by atoms with Crippen molar-refractivity contribution in [2.75, 3.05) is 29.7 Å². The molecule has 0 bridgehead atoms. The van der Waals surface area contributed by atoms with Gasteiger partial charge in [0.15, 0.2) is 11.6 Å². The predicted molar refractivity (Wildman–Crippen MR) is 139 cm³/mol. The van der Waals surface area contributed by atoms with Gasteiger partial charge < -0.3 is 4.90 Å². The Labute approximate surface area is 206 Å². The molecule has 0 aliphatic heterocycles. The largest absolute Gasteiger partial charge is 0.302 e. The van der Waals surface area contributed by atoms with Crippen LogP contribution in [0, 0.1) is 30.4 Å². The number of rotatable bonds is 11. The van der Waals surface area contributed by atoms with E-state index in [1.807, 2.05) is 31.2 Å². The van der Waals surface area contributed by atoms with Gasteiger partial charge in [-0.05, 0) is 53.5 Å². The van der Waals surface area contributed by atoms with Gasteiger partial charge in [-0.15, -0.1) is 11.3 Å². The topological polar surface area (TPSA) is 40.6 Å². The molecule has 186 valence electrons. The maximum Gasteiger partial charge on any atom is 0.237 e. The Balaban J connectivity index is 1.97. The standard InChI is InChI=1S/C26H34F2N2O2S2/c1-18(2)15-29(16-19(3)4)12-13-34(31,32)30(17-21-10-11-23(27)24(28)14-21)26-20(5)22-8-6-7-9-25(22)33-26/h6-11,14,18-19H,12-13,15-17H2,1-5H3. The lowest BCUT2D eigenvalue weighted by Crippen LogP contribution is -2.40. The minimum Gasteiger partial charge on any atom is -0.302 e. The Kier molecular flexibility index (Phi) is 8.71.